The Hall–Kier alpha value is -3.38. The number of esters is 1. The zero-order valence-electron chi connectivity index (χ0n) is 22.0. The number of fused-ring (bicyclic) bond motifs is 2. The number of carbonyl (C=O) groups is 3. The molecule has 4 aromatic rings. The van der Waals surface area contributed by atoms with Crippen LogP contribution in [0.3, 0.4) is 0 Å². The van der Waals surface area contributed by atoms with Gasteiger partial charge >= 0.3 is 10.8 Å². The van der Waals surface area contributed by atoms with Gasteiger partial charge in [0.15, 0.2) is 0 Å². The van der Waals surface area contributed by atoms with Gasteiger partial charge in [0, 0.05) is 25.9 Å². The molecule has 42 heavy (non-hydrogen) atoms. The van der Waals surface area contributed by atoms with Crippen LogP contribution >= 0.6 is 50.6 Å². The van der Waals surface area contributed by atoms with E-state index in [1.165, 1.54) is 28.8 Å². The number of aromatic amines is 1. The summed E-state index contributed by atoms with van der Waals surface area (Å²) < 4.78 is 12.1. The van der Waals surface area contributed by atoms with Crippen LogP contribution in [0.5, 0.6) is 5.75 Å². The number of nitrogens with zero attached hydrogens (tertiary/aromatic N) is 1. The average molecular weight is 686 g/mol. The minimum atomic E-state index is -0.797. The van der Waals surface area contributed by atoms with Gasteiger partial charge in [-0.25, -0.2) is 9.69 Å². The number of thiazole rings is 1. The topological polar surface area (TPSA) is 106 Å². The number of halogens is 2. The number of rotatable bonds is 7. The van der Waals surface area contributed by atoms with Gasteiger partial charge in [0.1, 0.15) is 17.6 Å². The number of anilines is 1. The Balaban J connectivity index is 1.39. The maximum atomic E-state index is 14.1. The maximum absolute atomic E-state index is 14.1. The molecule has 1 aromatic heterocycles. The summed E-state index contributed by atoms with van der Waals surface area (Å²) in [4.78, 5) is 57.0. The summed E-state index contributed by atoms with van der Waals surface area (Å²) >= 11 is 11.9. The second kappa shape index (κ2) is 11.7. The van der Waals surface area contributed by atoms with Crippen LogP contribution in [0.15, 0.2) is 81.0 Å². The number of thioether (sulfide) groups is 1. The lowest BCUT2D eigenvalue weighted by molar-refractivity contribution is -0.122. The van der Waals surface area contributed by atoms with Crippen LogP contribution in [-0.2, 0) is 20.9 Å². The van der Waals surface area contributed by atoms with E-state index >= 15 is 0 Å². The summed E-state index contributed by atoms with van der Waals surface area (Å²) in [5.41, 5.74) is 2.22. The summed E-state index contributed by atoms with van der Waals surface area (Å²) in [6.45, 7) is 2.18. The molecular formula is C30H22BrClN2O6S2. The molecule has 6 rings (SSSR count). The first-order valence-corrected chi connectivity index (χ1v) is 15.8. The van der Waals surface area contributed by atoms with E-state index in [-0.39, 0.29) is 18.1 Å². The van der Waals surface area contributed by atoms with Crippen LogP contribution < -0.4 is 14.5 Å². The molecule has 2 aliphatic rings. The van der Waals surface area contributed by atoms with E-state index in [0.29, 0.717) is 37.5 Å². The number of imide groups is 1. The predicted octanol–water partition coefficient (Wildman–Crippen LogP) is 6.40. The third kappa shape index (κ3) is 5.30. The highest BCUT2D eigenvalue weighted by Crippen LogP contribution is 2.54. The van der Waals surface area contributed by atoms with Gasteiger partial charge in [0.05, 0.1) is 28.8 Å². The largest absolute Gasteiger partial charge is 0.489 e. The molecule has 1 N–H and O–H groups in total. The Morgan fingerprint density at radius 3 is 2.57 bits per heavy atom. The van der Waals surface area contributed by atoms with Crippen molar-refractivity contribution in [1.29, 1.82) is 0 Å². The van der Waals surface area contributed by atoms with Crippen LogP contribution in [-0.4, -0.2) is 34.6 Å². The quantitative estimate of drug-likeness (QED) is 0.177. The highest BCUT2D eigenvalue weighted by atomic mass is 79.9. The maximum Gasteiger partial charge on any atom is 0.338 e. The predicted molar refractivity (Wildman–Crippen MR) is 165 cm³/mol. The zero-order chi connectivity index (χ0) is 29.5. The number of hydrogen-bond acceptors (Lipinski definition) is 8. The summed E-state index contributed by atoms with van der Waals surface area (Å²) in [7, 11) is 0. The van der Waals surface area contributed by atoms with Gasteiger partial charge in [0.2, 0.25) is 11.8 Å². The van der Waals surface area contributed by atoms with Crippen molar-refractivity contribution in [3.05, 3.63) is 107 Å². The van der Waals surface area contributed by atoms with E-state index in [1.54, 1.807) is 25.1 Å². The number of carbonyl (C=O) groups excluding carboxylic acids is 3. The molecule has 3 heterocycles. The number of benzene rings is 3. The monoisotopic (exact) mass is 684 g/mol. The fourth-order valence-electron chi connectivity index (χ4n) is 5.25. The number of hydrogen-bond donors (Lipinski definition) is 1. The minimum absolute atomic E-state index is 0.229. The highest BCUT2D eigenvalue weighted by molar-refractivity contribution is 9.10. The Kier molecular flexibility index (Phi) is 8.01. The van der Waals surface area contributed by atoms with Gasteiger partial charge in [-0.2, -0.15) is 0 Å². The lowest BCUT2D eigenvalue weighted by Gasteiger charge is -2.31. The van der Waals surface area contributed by atoms with Crippen molar-refractivity contribution in [2.45, 2.75) is 29.7 Å². The van der Waals surface area contributed by atoms with E-state index in [4.69, 9.17) is 21.1 Å². The molecular weight excluding hydrogens is 664 g/mol. The third-order valence-electron chi connectivity index (χ3n) is 7.05. The Labute approximate surface area is 262 Å². The molecule has 3 aromatic carbocycles. The van der Waals surface area contributed by atoms with Crippen LogP contribution in [0.25, 0.3) is 0 Å². The van der Waals surface area contributed by atoms with Crippen molar-refractivity contribution in [1.82, 2.24) is 4.98 Å². The van der Waals surface area contributed by atoms with Gasteiger partial charge in [-0.15, -0.1) is 0 Å². The molecule has 3 unspecified atom stereocenters. The molecule has 1 saturated heterocycles. The van der Waals surface area contributed by atoms with Crippen LogP contribution in [0.2, 0.25) is 5.02 Å². The summed E-state index contributed by atoms with van der Waals surface area (Å²) in [6.07, 6.45) is 0. The summed E-state index contributed by atoms with van der Waals surface area (Å²) in [6, 6.07) is 19.0. The first kappa shape index (κ1) is 28.7. The van der Waals surface area contributed by atoms with Crippen molar-refractivity contribution < 1.29 is 23.9 Å². The van der Waals surface area contributed by atoms with E-state index in [0.717, 1.165) is 21.4 Å². The SMILES string of the molecule is CCOC(=O)c1ccc(N2C(=O)C3Sc4[nH]c(=O)sc4C(c4cc(Br)ccc4OCc4cccc(Cl)c4)C3C2=O)cc1. The van der Waals surface area contributed by atoms with Gasteiger partial charge in [-0.1, -0.05) is 62.8 Å². The van der Waals surface area contributed by atoms with Crippen molar-refractivity contribution in [3.8, 4) is 5.75 Å². The fourth-order valence-corrected chi connectivity index (χ4v) is 8.35. The number of ether oxygens (including phenoxy) is 2. The van der Waals surface area contributed by atoms with Crippen molar-refractivity contribution >= 4 is 74.1 Å². The average Bonchev–Trinajstić information content (AvgIpc) is 3.46. The van der Waals surface area contributed by atoms with Gasteiger partial charge < -0.3 is 14.5 Å². The number of H-pyrrole nitrogens is 1. The summed E-state index contributed by atoms with van der Waals surface area (Å²) in [5.74, 6) is -2.16. The fraction of sp³-hybridized carbons (Fsp3) is 0.200. The Bertz CT molecular complexity index is 1770. The van der Waals surface area contributed by atoms with E-state index in [2.05, 4.69) is 20.9 Å². The number of amides is 2. The lowest BCUT2D eigenvalue weighted by Crippen LogP contribution is -2.32. The molecule has 0 bridgehead atoms. The van der Waals surface area contributed by atoms with Crippen molar-refractivity contribution in [3.63, 3.8) is 0 Å². The second-order valence-corrected chi connectivity index (χ2v) is 13.1. The molecule has 0 aliphatic carbocycles. The molecule has 2 amide bonds. The van der Waals surface area contributed by atoms with Gasteiger partial charge in [-0.3, -0.25) is 14.4 Å². The van der Waals surface area contributed by atoms with Crippen molar-refractivity contribution in [2.75, 3.05) is 11.5 Å². The first-order chi connectivity index (χ1) is 20.2. The Morgan fingerprint density at radius 1 is 1.05 bits per heavy atom. The Morgan fingerprint density at radius 2 is 1.83 bits per heavy atom. The smallest absolute Gasteiger partial charge is 0.338 e. The van der Waals surface area contributed by atoms with Crippen molar-refractivity contribution in [2.24, 2.45) is 5.92 Å². The van der Waals surface area contributed by atoms with Crippen LogP contribution in [0, 0.1) is 5.92 Å². The highest BCUT2D eigenvalue weighted by Gasteiger charge is 2.56. The minimum Gasteiger partial charge on any atom is -0.489 e. The first-order valence-electron chi connectivity index (χ1n) is 13.0. The normalized spacial score (nSPS) is 19.4. The third-order valence-corrected chi connectivity index (χ3v) is 10.2. The molecule has 2 aliphatic heterocycles. The van der Waals surface area contributed by atoms with E-state index in [1.807, 2.05) is 36.4 Å². The lowest BCUT2D eigenvalue weighted by atomic mass is 9.82. The number of nitrogens with one attached hydrogen (secondary N) is 1. The molecule has 12 heteroatoms. The van der Waals surface area contributed by atoms with Gasteiger partial charge in [-0.05, 0) is 67.1 Å². The molecule has 8 nitrogen and oxygen atoms in total. The number of aromatic nitrogens is 1. The molecule has 0 saturated carbocycles. The molecule has 0 spiro atoms. The van der Waals surface area contributed by atoms with Crippen LogP contribution in [0.1, 0.15) is 39.2 Å². The summed E-state index contributed by atoms with van der Waals surface area (Å²) in [5, 5.41) is 0.383. The van der Waals surface area contributed by atoms with Crippen LogP contribution in [0.4, 0.5) is 5.69 Å². The van der Waals surface area contributed by atoms with E-state index < -0.39 is 34.9 Å². The molecule has 3 atom stereocenters. The molecule has 0 radical (unpaired) electrons. The molecule has 1 fully saturated rings. The van der Waals surface area contributed by atoms with Gasteiger partial charge in [0.25, 0.3) is 0 Å². The second-order valence-electron chi connectivity index (χ2n) is 9.63. The standard InChI is InChI=1S/C30H22BrClN2O6S2/c1-2-39-29(37)16-6-9-19(10-7-16)34-27(35)23-22(24-26(33-30(38)42-24)41-25(23)28(34)36)20-13-17(31)8-11-21(20)40-14-15-4-3-5-18(32)12-15/h3-13,22-23,25H,2,14H2,1H3,(H,33,38). The zero-order valence-corrected chi connectivity index (χ0v) is 25.9. The molecule has 214 valence electrons. The van der Waals surface area contributed by atoms with E-state index in [9.17, 15) is 19.2 Å².